The van der Waals surface area contributed by atoms with Gasteiger partial charge in [-0.25, -0.2) is 9.78 Å². The van der Waals surface area contributed by atoms with Gasteiger partial charge < -0.3 is 10.4 Å². The molecular formula is C12H13F3N2O2. The first-order valence-corrected chi connectivity index (χ1v) is 5.46. The molecule has 2 N–H and O–H groups in total. The van der Waals surface area contributed by atoms with Crippen molar-refractivity contribution < 1.29 is 23.1 Å². The van der Waals surface area contributed by atoms with Gasteiger partial charge in [0.05, 0.1) is 0 Å². The van der Waals surface area contributed by atoms with Crippen LogP contribution in [0.1, 0.15) is 25.1 Å². The molecule has 1 aromatic heterocycles. The van der Waals surface area contributed by atoms with E-state index in [-0.39, 0.29) is 17.4 Å². The molecule has 0 atom stereocenters. The van der Waals surface area contributed by atoms with Crippen molar-refractivity contribution in [3.05, 3.63) is 29.5 Å². The van der Waals surface area contributed by atoms with Crippen LogP contribution in [0.25, 0.3) is 6.08 Å². The monoisotopic (exact) mass is 274 g/mol. The molecule has 0 saturated carbocycles. The number of nitrogens with zero attached hydrogens (tertiary/aromatic N) is 1. The molecule has 0 spiro atoms. The van der Waals surface area contributed by atoms with Crippen LogP contribution in [0.4, 0.5) is 19.0 Å². The predicted molar refractivity (Wildman–Crippen MR) is 64.7 cm³/mol. The molecule has 0 aliphatic heterocycles. The molecule has 0 unspecified atom stereocenters. The zero-order valence-electron chi connectivity index (χ0n) is 10.3. The first-order chi connectivity index (χ1) is 8.70. The van der Waals surface area contributed by atoms with Crippen molar-refractivity contribution in [2.45, 2.75) is 26.1 Å². The SMILES string of the molecule is CC(C)Nc1nc(C(F)(F)F)ccc1C=CC(=O)O. The molecule has 0 saturated heterocycles. The van der Waals surface area contributed by atoms with E-state index in [2.05, 4.69) is 10.3 Å². The van der Waals surface area contributed by atoms with Crippen LogP contribution >= 0.6 is 0 Å². The Morgan fingerprint density at radius 2 is 2.05 bits per heavy atom. The summed E-state index contributed by atoms with van der Waals surface area (Å²) in [4.78, 5) is 13.9. The van der Waals surface area contributed by atoms with Gasteiger partial charge in [0.25, 0.3) is 0 Å². The summed E-state index contributed by atoms with van der Waals surface area (Å²) in [6, 6.07) is 1.86. The number of rotatable bonds is 4. The van der Waals surface area contributed by atoms with Gasteiger partial charge in [-0.1, -0.05) is 0 Å². The number of hydrogen-bond donors (Lipinski definition) is 2. The van der Waals surface area contributed by atoms with Gasteiger partial charge in [0.15, 0.2) is 0 Å². The number of pyridine rings is 1. The van der Waals surface area contributed by atoms with Gasteiger partial charge >= 0.3 is 12.1 Å². The smallest absolute Gasteiger partial charge is 0.433 e. The van der Waals surface area contributed by atoms with Gasteiger partial charge in [-0.05, 0) is 32.1 Å². The van der Waals surface area contributed by atoms with Crippen molar-refractivity contribution in [1.29, 1.82) is 0 Å². The van der Waals surface area contributed by atoms with E-state index in [0.29, 0.717) is 0 Å². The highest BCUT2D eigenvalue weighted by Gasteiger charge is 2.32. The topological polar surface area (TPSA) is 62.2 Å². The van der Waals surface area contributed by atoms with Crippen molar-refractivity contribution >= 4 is 17.9 Å². The summed E-state index contributed by atoms with van der Waals surface area (Å²) < 4.78 is 37.6. The normalized spacial score (nSPS) is 12.1. The number of aliphatic carboxylic acids is 1. The van der Waals surface area contributed by atoms with Crippen LogP contribution < -0.4 is 5.32 Å². The summed E-state index contributed by atoms with van der Waals surface area (Å²) in [5.41, 5.74) is -0.743. The molecule has 0 fully saturated rings. The second-order valence-corrected chi connectivity index (χ2v) is 4.10. The number of nitrogens with one attached hydrogen (secondary N) is 1. The number of alkyl halides is 3. The minimum atomic E-state index is -4.54. The van der Waals surface area contributed by atoms with Gasteiger partial charge in [0.2, 0.25) is 0 Å². The molecule has 0 aliphatic rings. The fraction of sp³-hybridized carbons (Fsp3) is 0.333. The van der Waals surface area contributed by atoms with Crippen LogP contribution in [0.3, 0.4) is 0 Å². The number of aromatic nitrogens is 1. The largest absolute Gasteiger partial charge is 0.478 e. The number of carboxylic acid groups (broad SMARTS) is 1. The van der Waals surface area contributed by atoms with Crippen molar-refractivity contribution in [3.63, 3.8) is 0 Å². The Kier molecular flexibility index (Phi) is 4.52. The lowest BCUT2D eigenvalue weighted by Gasteiger charge is -2.14. The molecule has 0 aliphatic carbocycles. The minimum absolute atomic E-state index is 0.00215. The molecule has 1 aromatic rings. The van der Waals surface area contributed by atoms with Crippen LogP contribution in [-0.2, 0) is 11.0 Å². The Labute approximate surface area is 108 Å². The van der Waals surface area contributed by atoms with Crippen molar-refractivity contribution in [3.8, 4) is 0 Å². The number of hydrogen-bond acceptors (Lipinski definition) is 3. The van der Waals surface area contributed by atoms with Crippen molar-refractivity contribution in [2.75, 3.05) is 5.32 Å². The zero-order valence-corrected chi connectivity index (χ0v) is 10.3. The highest BCUT2D eigenvalue weighted by molar-refractivity contribution is 5.86. The fourth-order valence-electron chi connectivity index (χ4n) is 1.31. The Morgan fingerprint density at radius 3 is 2.53 bits per heavy atom. The summed E-state index contributed by atoms with van der Waals surface area (Å²) in [5, 5.41) is 11.3. The van der Waals surface area contributed by atoms with E-state index in [1.807, 2.05) is 0 Å². The molecule has 7 heteroatoms. The van der Waals surface area contributed by atoms with Crippen LogP contribution in [0.5, 0.6) is 0 Å². The lowest BCUT2D eigenvalue weighted by Crippen LogP contribution is -2.15. The standard InChI is InChI=1S/C12H13F3N2O2/c1-7(2)16-11-8(4-6-10(18)19)3-5-9(17-11)12(13,14)15/h3-7H,1-2H3,(H,16,17)(H,18,19). The van der Waals surface area contributed by atoms with E-state index in [1.165, 1.54) is 12.1 Å². The van der Waals surface area contributed by atoms with Gasteiger partial charge in [-0.3, -0.25) is 0 Å². The van der Waals surface area contributed by atoms with Gasteiger partial charge in [-0.2, -0.15) is 13.2 Å². The summed E-state index contributed by atoms with van der Waals surface area (Å²) in [5.74, 6) is -1.18. The summed E-state index contributed by atoms with van der Waals surface area (Å²) in [7, 11) is 0. The van der Waals surface area contributed by atoms with Crippen LogP contribution in [0, 0.1) is 0 Å². The summed E-state index contributed by atoms with van der Waals surface area (Å²) in [6.07, 6.45) is -2.50. The molecule has 1 rings (SSSR count). The Balaban J connectivity index is 3.20. The lowest BCUT2D eigenvalue weighted by molar-refractivity contribution is -0.141. The average Bonchev–Trinajstić information content (AvgIpc) is 2.25. The summed E-state index contributed by atoms with van der Waals surface area (Å²) >= 11 is 0. The lowest BCUT2D eigenvalue weighted by atomic mass is 10.2. The Bertz CT molecular complexity index is 496. The molecule has 0 amide bonds. The third-order valence-electron chi connectivity index (χ3n) is 2.05. The van der Waals surface area contributed by atoms with Gasteiger partial charge in [0, 0.05) is 17.7 Å². The maximum Gasteiger partial charge on any atom is 0.433 e. The van der Waals surface area contributed by atoms with Crippen LogP contribution in [-0.4, -0.2) is 22.1 Å². The minimum Gasteiger partial charge on any atom is -0.478 e. The van der Waals surface area contributed by atoms with Crippen LogP contribution in [0.2, 0.25) is 0 Å². The van der Waals surface area contributed by atoms with E-state index in [1.54, 1.807) is 13.8 Å². The number of carboxylic acids is 1. The zero-order chi connectivity index (χ0) is 14.6. The van der Waals surface area contributed by atoms with E-state index in [9.17, 15) is 18.0 Å². The van der Waals surface area contributed by atoms with Gasteiger partial charge in [-0.15, -0.1) is 0 Å². The van der Waals surface area contributed by atoms with E-state index < -0.39 is 17.8 Å². The maximum atomic E-state index is 12.5. The highest BCUT2D eigenvalue weighted by atomic mass is 19.4. The van der Waals surface area contributed by atoms with E-state index in [0.717, 1.165) is 12.1 Å². The molecule has 0 bridgehead atoms. The molecule has 0 radical (unpaired) electrons. The third kappa shape index (κ3) is 4.61. The fourth-order valence-corrected chi connectivity index (χ4v) is 1.31. The summed E-state index contributed by atoms with van der Waals surface area (Å²) in [6.45, 7) is 3.49. The molecule has 1 heterocycles. The van der Waals surface area contributed by atoms with Crippen LogP contribution in [0.15, 0.2) is 18.2 Å². The molecule has 0 aromatic carbocycles. The second-order valence-electron chi connectivity index (χ2n) is 4.10. The van der Waals surface area contributed by atoms with E-state index >= 15 is 0 Å². The first-order valence-electron chi connectivity index (χ1n) is 5.46. The van der Waals surface area contributed by atoms with E-state index in [4.69, 9.17) is 5.11 Å². The molecule has 4 nitrogen and oxygen atoms in total. The highest BCUT2D eigenvalue weighted by Crippen LogP contribution is 2.30. The second kappa shape index (κ2) is 5.73. The molecule has 104 valence electrons. The third-order valence-corrected chi connectivity index (χ3v) is 2.05. The molecular weight excluding hydrogens is 261 g/mol. The van der Waals surface area contributed by atoms with Crippen molar-refractivity contribution in [2.24, 2.45) is 0 Å². The maximum absolute atomic E-state index is 12.5. The first kappa shape index (κ1) is 15.0. The van der Waals surface area contributed by atoms with Gasteiger partial charge in [0.1, 0.15) is 11.5 Å². The molecule has 19 heavy (non-hydrogen) atoms. The number of halogens is 3. The Morgan fingerprint density at radius 1 is 1.42 bits per heavy atom. The quantitative estimate of drug-likeness (QED) is 0.828. The van der Waals surface area contributed by atoms with Crippen molar-refractivity contribution in [1.82, 2.24) is 4.98 Å². The average molecular weight is 274 g/mol. The number of carbonyl (C=O) groups is 1. The predicted octanol–water partition coefficient (Wildman–Crippen LogP) is 3.02. The number of anilines is 1. The Hall–Kier alpha value is -2.05.